The third kappa shape index (κ3) is 5.70. The van der Waals surface area contributed by atoms with Crippen LogP contribution >= 0.6 is 0 Å². The van der Waals surface area contributed by atoms with E-state index < -0.39 is 6.04 Å². The molecular weight excluding hydrogens is 506 g/mol. The van der Waals surface area contributed by atoms with Crippen LogP contribution in [0.25, 0.3) is 0 Å². The molecule has 0 bridgehead atoms. The Balaban J connectivity index is 1.46. The Hall–Kier alpha value is -3.85. The predicted octanol–water partition coefficient (Wildman–Crippen LogP) is 3.52. The largest absolute Gasteiger partial charge is 0.493 e. The van der Waals surface area contributed by atoms with Crippen LogP contribution in [0.4, 0.5) is 0 Å². The smallest absolute Gasteiger partial charge is 0.255 e. The number of hydrogen-bond donors (Lipinski definition) is 2. The molecule has 1 aliphatic heterocycles. The van der Waals surface area contributed by atoms with Gasteiger partial charge in [-0.2, -0.15) is 0 Å². The van der Waals surface area contributed by atoms with Crippen molar-refractivity contribution in [3.05, 3.63) is 76.4 Å². The van der Waals surface area contributed by atoms with Gasteiger partial charge in [0.1, 0.15) is 6.04 Å². The normalized spacial score (nSPS) is 20.5. The summed E-state index contributed by atoms with van der Waals surface area (Å²) >= 11 is 0. The van der Waals surface area contributed by atoms with Gasteiger partial charge in [-0.1, -0.05) is 23.8 Å². The summed E-state index contributed by atoms with van der Waals surface area (Å²) in [5, 5.41) is 3.21. The number of hydrogen-bond acceptors (Lipinski definition) is 6. The fourth-order valence-corrected chi connectivity index (χ4v) is 5.80. The molecule has 40 heavy (non-hydrogen) atoms. The molecule has 5 rings (SSSR count). The maximum atomic E-state index is 14.0. The Labute approximate surface area is 235 Å². The molecule has 3 aromatic rings. The third-order valence-corrected chi connectivity index (χ3v) is 8.27. The quantitative estimate of drug-likeness (QED) is 0.470. The number of ether oxygens (including phenoxy) is 2. The number of methoxy groups -OCH3 is 2. The molecule has 1 saturated carbocycles. The van der Waals surface area contributed by atoms with Gasteiger partial charge in [0.25, 0.3) is 5.91 Å². The van der Waals surface area contributed by atoms with Gasteiger partial charge in [-0.25, -0.2) is 4.98 Å². The Morgan fingerprint density at radius 3 is 2.50 bits per heavy atom. The van der Waals surface area contributed by atoms with Crippen LogP contribution in [0.5, 0.6) is 11.5 Å². The van der Waals surface area contributed by atoms with Crippen molar-refractivity contribution in [1.82, 2.24) is 19.8 Å². The van der Waals surface area contributed by atoms with Gasteiger partial charge in [-0.3, -0.25) is 9.59 Å². The molecule has 1 aromatic heterocycles. The number of nitrogens with zero attached hydrogens (tertiary/aromatic N) is 3. The Bertz CT molecular complexity index is 1390. The zero-order valence-corrected chi connectivity index (χ0v) is 23.8. The molecule has 2 amide bonds. The first kappa shape index (κ1) is 27.7. The summed E-state index contributed by atoms with van der Waals surface area (Å²) in [5.74, 6) is 0.614. The number of fused-ring (bicyclic) bond motifs is 1. The van der Waals surface area contributed by atoms with Gasteiger partial charge in [0.05, 0.1) is 38.5 Å². The van der Waals surface area contributed by atoms with Gasteiger partial charge >= 0.3 is 0 Å². The van der Waals surface area contributed by atoms with E-state index in [1.54, 1.807) is 30.2 Å². The van der Waals surface area contributed by atoms with Crippen LogP contribution in [-0.4, -0.2) is 58.6 Å². The van der Waals surface area contributed by atoms with E-state index in [2.05, 4.69) is 41.9 Å². The third-order valence-electron chi connectivity index (χ3n) is 8.27. The summed E-state index contributed by atoms with van der Waals surface area (Å²) in [6.45, 7) is 5.11. The number of benzene rings is 2. The second-order valence-corrected chi connectivity index (χ2v) is 11.0. The van der Waals surface area contributed by atoms with E-state index in [0.717, 1.165) is 37.1 Å². The van der Waals surface area contributed by atoms with Gasteiger partial charge in [0.15, 0.2) is 11.5 Å². The summed E-state index contributed by atoms with van der Waals surface area (Å²) in [6, 6.07) is 11.1. The molecular formula is C31H39N5O4. The van der Waals surface area contributed by atoms with Crippen LogP contribution in [0.1, 0.15) is 64.1 Å². The number of amides is 2. The second kappa shape index (κ2) is 11.7. The van der Waals surface area contributed by atoms with Crippen molar-refractivity contribution in [2.45, 2.75) is 77.2 Å². The number of carbonyl (C=O) groups is 2. The highest BCUT2D eigenvalue weighted by Crippen LogP contribution is 2.31. The first-order chi connectivity index (χ1) is 19.3. The first-order valence-electron chi connectivity index (χ1n) is 13.9. The van der Waals surface area contributed by atoms with Gasteiger partial charge < -0.3 is 30.0 Å². The molecule has 212 valence electrons. The van der Waals surface area contributed by atoms with Gasteiger partial charge in [-0.05, 0) is 68.9 Å². The van der Waals surface area contributed by atoms with Crippen LogP contribution in [0.2, 0.25) is 0 Å². The van der Waals surface area contributed by atoms with E-state index in [9.17, 15) is 9.59 Å². The van der Waals surface area contributed by atoms with E-state index in [4.69, 9.17) is 20.2 Å². The van der Waals surface area contributed by atoms with Crippen molar-refractivity contribution in [2.75, 3.05) is 14.2 Å². The zero-order chi connectivity index (χ0) is 28.4. The highest BCUT2D eigenvalue weighted by Gasteiger charge is 2.38. The maximum Gasteiger partial charge on any atom is 0.255 e. The van der Waals surface area contributed by atoms with E-state index >= 15 is 0 Å². The Morgan fingerprint density at radius 2 is 1.77 bits per heavy atom. The van der Waals surface area contributed by atoms with E-state index in [1.165, 1.54) is 23.8 Å². The van der Waals surface area contributed by atoms with Crippen molar-refractivity contribution >= 4 is 11.8 Å². The number of imidazole rings is 1. The van der Waals surface area contributed by atoms with E-state index in [0.29, 0.717) is 30.0 Å². The lowest BCUT2D eigenvalue weighted by molar-refractivity contribution is -0.127. The first-order valence-corrected chi connectivity index (χ1v) is 13.9. The molecule has 0 radical (unpaired) electrons. The number of nitrogens with two attached hydrogens (primary N) is 1. The van der Waals surface area contributed by atoms with Gasteiger partial charge in [0, 0.05) is 30.6 Å². The number of carbonyl (C=O) groups excluding carboxylic acids is 2. The summed E-state index contributed by atoms with van der Waals surface area (Å²) in [6.07, 6.45) is 5.64. The fraction of sp³-hybridized carbons (Fsp3) is 0.452. The molecule has 2 aliphatic rings. The maximum absolute atomic E-state index is 14.0. The predicted molar refractivity (Wildman–Crippen MR) is 153 cm³/mol. The molecule has 1 fully saturated rings. The lowest BCUT2D eigenvalue weighted by Gasteiger charge is -2.36. The van der Waals surface area contributed by atoms with Crippen LogP contribution in [0.15, 0.2) is 42.7 Å². The van der Waals surface area contributed by atoms with Gasteiger partial charge in [0.2, 0.25) is 5.91 Å². The highest BCUT2D eigenvalue weighted by atomic mass is 16.5. The number of aromatic nitrogens is 2. The molecule has 2 aromatic carbocycles. The molecule has 3 N–H and O–H groups in total. The summed E-state index contributed by atoms with van der Waals surface area (Å²) in [5.41, 5.74) is 11.9. The van der Waals surface area contributed by atoms with Crippen LogP contribution in [0, 0.1) is 13.8 Å². The summed E-state index contributed by atoms with van der Waals surface area (Å²) in [4.78, 5) is 34.1. The summed E-state index contributed by atoms with van der Waals surface area (Å²) in [7, 11) is 3.10. The molecule has 0 spiro atoms. The van der Waals surface area contributed by atoms with E-state index in [1.807, 2.05) is 6.33 Å². The molecule has 1 atom stereocenters. The Kier molecular flexibility index (Phi) is 8.12. The molecule has 1 unspecified atom stereocenters. The number of aryl methyl sites for hydroxylation is 2. The molecule has 1 aliphatic carbocycles. The van der Waals surface area contributed by atoms with E-state index in [-0.39, 0.29) is 30.4 Å². The fourth-order valence-electron chi connectivity index (χ4n) is 5.80. The zero-order valence-electron chi connectivity index (χ0n) is 23.8. The number of nitrogens with one attached hydrogen (secondary N) is 1. The minimum atomic E-state index is -0.673. The average Bonchev–Trinajstić information content (AvgIpc) is 3.36. The highest BCUT2D eigenvalue weighted by molar-refractivity contribution is 5.98. The van der Waals surface area contributed by atoms with Crippen molar-refractivity contribution < 1.29 is 19.1 Å². The molecule has 9 nitrogen and oxygen atoms in total. The standard InChI is InChI=1S/C31H39N5O4/c1-19-5-6-20(2)22(13-19)16-35-18-33-25-15-26(30(37)34-24-10-8-23(32)9-11-24)36(17-27(25)35)31(38)21-7-12-28(39-3)29(14-21)40-4/h5-7,12-14,18,23-24,26H,8-11,15-17,32H2,1-4H3,(H,34,37). The minimum Gasteiger partial charge on any atom is -0.493 e. The Morgan fingerprint density at radius 1 is 1.02 bits per heavy atom. The van der Waals surface area contributed by atoms with Gasteiger partial charge in [-0.15, -0.1) is 0 Å². The summed E-state index contributed by atoms with van der Waals surface area (Å²) < 4.78 is 12.9. The average molecular weight is 546 g/mol. The molecule has 2 heterocycles. The molecule has 9 heteroatoms. The van der Waals surface area contributed by atoms with Crippen LogP contribution in [-0.2, 0) is 24.3 Å². The topological polar surface area (TPSA) is 112 Å². The molecule has 0 saturated heterocycles. The lowest BCUT2D eigenvalue weighted by Crippen LogP contribution is -2.55. The SMILES string of the molecule is COc1ccc(C(=O)N2Cc3c(ncn3Cc3cc(C)ccc3C)CC2C(=O)NC2CCC(N)CC2)cc1OC. The van der Waals surface area contributed by atoms with Crippen LogP contribution in [0.3, 0.4) is 0 Å². The monoisotopic (exact) mass is 545 g/mol. The number of rotatable bonds is 7. The lowest BCUT2D eigenvalue weighted by atomic mass is 9.91. The van der Waals surface area contributed by atoms with Crippen molar-refractivity contribution in [2.24, 2.45) is 5.73 Å². The van der Waals surface area contributed by atoms with Crippen molar-refractivity contribution in [3.63, 3.8) is 0 Å². The van der Waals surface area contributed by atoms with Crippen molar-refractivity contribution in [3.8, 4) is 11.5 Å². The second-order valence-electron chi connectivity index (χ2n) is 11.0. The minimum absolute atomic E-state index is 0.0635. The van der Waals surface area contributed by atoms with Crippen molar-refractivity contribution in [1.29, 1.82) is 0 Å². The van der Waals surface area contributed by atoms with Crippen LogP contribution < -0.4 is 20.5 Å².